The van der Waals surface area contributed by atoms with E-state index in [2.05, 4.69) is 15.5 Å². The van der Waals surface area contributed by atoms with E-state index in [1.54, 1.807) is 31.4 Å². The van der Waals surface area contributed by atoms with Gasteiger partial charge in [0.05, 0.1) is 12.8 Å². The third-order valence-corrected chi connectivity index (χ3v) is 3.65. The number of hydrogen-bond acceptors (Lipinski definition) is 4. The average Bonchev–Trinajstić information content (AvgIpc) is 2.67. The predicted molar refractivity (Wildman–Crippen MR) is 101 cm³/mol. The van der Waals surface area contributed by atoms with Crippen LogP contribution in [0.5, 0.6) is 5.75 Å². The third kappa shape index (κ3) is 4.45. The zero-order valence-corrected chi connectivity index (χ0v) is 14.1. The molecule has 0 saturated carbocycles. The highest BCUT2D eigenvalue weighted by Gasteiger charge is 2.03. The van der Waals surface area contributed by atoms with Crippen molar-refractivity contribution in [3.8, 4) is 17.0 Å². The number of carbonyl (C=O) groups is 1. The van der Waals surface area contributed by atoms with Gasteiger partial charge >= 0.3 is 0 Å². The third-order valence-electron chi connectivity index (χ3n) is 3.65. The average molecular weight is 347 g/mol. The molecule has 0 aliphatic rings. The molecule has 0 fully saturated rings. The molecule has 2 N–H and O–H groups in total. The minimum atomic E-state index is -0.262. The Morgan fingerprint density at radius 2 is 1.92 bits per heavy atom. The van der Waals surface area contributed by atoms with E-state index in [0.717, 1.165) is 16.9 Å². The number of benzene rings is 2. The summed E-state index contributed by atoms with van der Waals surface area (Å²) in [5, 5.41) is 9.18. The number of carbonyl (C=O) groups excluding carboxylic acids is 1. The Hall–Kier alpha value is -3.67. The highest BCUT2D eigenvalue weighted by molar-refractivity contribution is 6.02. The van der Waals surface area contributed by atoms with Crippen LogP contribution >= 0.6 is 0 Å². The van der Waals surface area contributed by atoms with E-state index in [4.69, 9.17) is 4.74 Å². The molecule has 0 aliphatic carbocycles. The molecule has 6 heteroatoms. The van der Waals surface area contributed by atoms with Crippen LogP contribution in [-0.2, 0) is 4.79 Å². The lowest BCUT2D eigenvalue weighted by molar-refractivity contribution is -0.111. The van der Waals surface area contributed by atoms with E-state index in [9.17, 15) is 9.59 Å². The SMILES string of the molecule is COc1ccc(/C=C/C(=O)Nc2cccc(-c3ccc(=O)[nH]n3)c2)cc1. The highest BCUT2D eigenvalue weighted by Crippen LogP contribution is 2.19. The van der Waals surface area contributed by atoms with Crippen molar-refractivity contribution >= 4 is 17.7 Å². The van der Waals surface area contributed by atoms with Crippen molar-refractivity contribution in [3.63, 3.8) is 0 Å². The van der Waals surface area contributed by atoms with Crippen LogP contribution in [0.25, 0.3) is 17.3 Å². The van der Waals surface area contributed by atoms with Crippen molar-refractivity contribution in [1.29, 1.82) is 0 Å². The van der Waals surface area contributed by atoms with Gasteiger partial charge in [-0.15, -0.1) is 0 Å². The van der Waals surface area contributed by atoms with Crippen molar-refractivity contribution in [3.05, 3.63) is 82.7 Å². The van der Waals surface area contributed by atoms with Gasteiger partial charge in [-0.3, -0.25) is 9.59 Å². The fourth-order valence-corrected chi connectivity index (χ4v) is 2.33. The Labute approximate surface area is 150 Å². The van der Waals surface area contributed by atoms with E-state index in [-0.39, 0.29) is 11.5 Å². The molecule has 130 valence electrons. The van der Waals surface area contributed by atoms with Gasteiger partial charge < -0.3 is 10.1 Å². The summed E-state index contributed by atoms with van der Waals surface area (Å²) < 4.78 is 5.10. The van der Waals surface area contributed by atoms with Crippen molar-refractivity contribution in [2.45, 2.75) is 0 Å². The van der Waals surface area contributed by atoms with Crippen molar-refractivity contribution < 1.29 is 9.53 Å². The normalized spacial score (nSPS) is 10.7. The fourth-order valence-electron chi connectivity index (χ4n) is 2.33. The molecule has 2 aromatic carbocycles. The van der Waals surface area contributed by atoms with Gasteiger partial charge in [-0.25, -0.2) is 5.10 Å². The van der Waals surface area contributed by atoms with Crippen LogP contribution in [0.2, 0.25) is 0 Å². The number of aromatic nitrogens is 2. The monoisotopic (exact) mass is 347 g/mol. The number of anilines is 1. The zero-order valence-electron chi connectivity index (χ0n) is 14.1. The number of amides is 1. The van der Waals surface area contributed by atoms with Crippen molar-refractivity contribution in [1.82, 2.24) is 10.2 Å². The van der Waals surface area contributed by atoms with E-state index in [0.29, 0.717) is 11.4 Å². The van der Waals surface area contributed by atoms with Gasteiger partial charge in [0.15, 0.2) is 0 Å². The zero-order chi connectivity index (χ0) is 18.4. The minimum absolute atomic E-state index is 0.243. The van der Waals surface area contributed by atoms with Crippen LogP contribution in [0.3, 0.4) is 0 Å². The van der Waals surface area contributed by atoms with Gasteiger partial charge in [0.25, 0.3) is 5.56 Å². The summed E-state index contributed by atoms with van der Waals surface area (Å²) in [6.07, 6.45) is 3.19. The number of nitrogens with zero attached hydrogens (tertiary/aromatic N) is 1. The lowest BCUT2D eigenvalue weighted by Gasteiger charge is -2.05. The molecule has 1 heterocycles. The molecule has 0 spiro atoms. The number of H-pyrrole nitrogens is 1. The highest BCUT2D eigenvalue weighted by atomic mass is 16.5. The predicted octanol–water partition coefficient (Wildman–Crippen LogP) is 3.10. The first-order chi connectivity index (χ1) is 12.6. The number of aromatic amines is 1. The first-order valence-corrected chi connectivity index (χ1v) is 7.93. The van der Waals surface area contributed by atoms with Crippen LogP contribution in [0.15, 0.2) is 71.5 Å². The molecule has 3 aromatic rings. The van der Waals surface area contributed by atoms with E-state index >= 15 is 0 Å². The maximum atomic E-state index is 12.1. The topological polar surface area (TPSA) is 84.1 Å². The molecule has 0 aliphatic heterocycles. The number of ether oxygens (including phenoxy) is 1. The number of nitrogens with one attached hydrogen (secondary N) is 2. The van der Waals surface area contributed by atoms with Crippen LogP contribution in [0.4, 0.5) is 5.69 Å². The largest absolute Gasteiger partial charge is 0.497 e. The van der Waals surface area contributed by atoms with Crippen LogP contribution in [0.1, 0.15) is 5.56 Å². The standard InChI is InChI=1S/C20H17N3O3/c1-26-17-8-5-14(6-9-17)7-11-19(24)21-16-4-2-3-15(13-16)18-10-12-20(25)23-22-18/h2-13H,1H3,(H,21,24)(H,23,25)/b11-7+. The fraction of sp³-hybridized carbons (Fsp3) is 0.0500. The summed E-state index contributed by atoms with van der Waals surface area (Å²) >= 11 is 0. The second-order valence-corrected chi connectivity index (χ2v) is 5.48. The smallest absolute Gasteiger partial charge is 0.264 e. The minimum Gasteiger partial charge on any atom is -0.497 e. The lowest BCUT2D eigenvalue weighted by Crippen LogP contribution is -2.08. The summed E-state index contributed by atoms with van der Waals surface area (Å²) in [4.78, 5) is 23.2. The van der Waals surface area contributed by atoms with E-state index < -0.39 is 0 Å². The Balaban J connectivity index is 1.69. The Morgan fingerprint density at radius 3 is 2.62 bits per heavy atom. The number of hydrogen-bond donors (Lipinski definition) is 2. The molecule has 0 bridgehead atoms. The summed E-state index contributed by atoms with van der Waals surface area (Å²) in [6, 6.07) is 17.7. The van der Waals surface area contributed by atoms with Gasteiger partial charge in [-0.1, -0.05) is 24.3 Å². The van der Waals surface area contributed by atoms with Gasteiger partial charge in [0.2, 0.25) is 5.91 Å². The van der Waals surface area contributed by atoms with Crippen molar-refractivity contribution in [2.24, 2.45) is 0 Å². The van der Waals surface area contributed by atoms with Gasteiger partial charge in [0, 0.05) is 23.4 Å². The van der Waals surface area contributed by atoms with Gasteiger partial charge in [-0.05, 0) is 42.0 Å². The Morgan fingerprint density at radius 1 is 1.12 bits per heavy atom. The van der Waals surface area contributed by atoms with Gasteiger partial charge in [-0.2, -0.15) is 5.10 Å². The maximum absolute atomic E-state index is 12.1. The molecular formula is C20H17N3O3. The molecule has 0 saturated heterocycles. The molecule has 1 amide bonds. The Bertz CT molecular complexity index is 971. The van der Waals surface area contributed by atoms with E-state index in [1.165, 1.54) is 12.1 Å². The van der Waals surface area contributed by atoms with Crippen molar-refractivity contribution in [2.75, 3.05) is 12.4 Å². The molecule has 0 unspecified atom stereocenters. The van der Waals surface area contributed by atoms with Crippen LogP contribution in [-0.4, -0.2) is 23.2 Å². The van der Waals surface area contributed by atoms with Crippen LogP contribution < -0.4 is 15.6 Å². The molecule has 26 heavy (non-hydrogen) atoms. The summed E-state index contributed by atoms with van der Waals surface area (Å²) in [6.45, 7) is 0. The lowest BCUT2D eigenvalue weighted by atomic mass is 10.1. The number of methoxy groups -OCH3 is 1. The van der Waals surface area contributed by atoms with E-state index in [1.807, 2.05) is 36.4 Å². The summed E-state index contributed by atoms with van der Waals surface area (Å²) in [5.41, 5.74) is 2.68. The summed E-state index contributed by atoms with van der Waals surface area (Å²) in [7, 11) is 1.61. The molecule has 1 aromatic heterocycles. The Kier molecular flexibility index (Phi) is 5.24. The first-order valence-electron chi connectivity index (χ1n) is 7.93. The molecule has 6 nitrogen and oxygen atoms in total. The molecule has 0 radical (unpaired) electrons. The van der Waals surface area contributed by atoms with Gasteiger partial charge in [0.1, 0.15) is 5.75 Å². The molecule has 0 atom stereocenters. The van der Waals surface area contributed by atoms with Crippen LogP contribution in [0, 0.1) is 0 Å². The second kappa shape index (κ2) is 7.94. The second-order valence-electron chi connectivity index (χ2n) is 5.48. The maximum Gasteiger partial charge on any atom is 0.264 e. The molecule has 3 rings (SSSR count). The first kappa shape index (κ1) is 17.2. The number of rotatable bonds is 5. The summed E-state index contributed by atoms with van der Waals surface area (Å²) in [5.74, 6) is 0.520. The quantitative estimate of drug-likeness (QED) is 0.695. The molecular weight excluding hydrogens is 330 g/mol.